The van der Waals surface area contributed by atoms with Crippen LogP contribution in [0.15, 0.2) is 11.1 Å². The molecule has 0 aliphatic heterocycles. The van der Waals surface area contributed by atoms with Gasteiger partial charge in [-0.3, -0.25) is 0 Å². The molecule has 0 radical (unpaired) electrons. The second-order valence-corrected chi connectivity index (χ2v) is 5.37. The first-order valence-electron chi connectivity index (χ1n) is 6.10. The van der Waals surface area contributed by atoms with Crippen LogP contribution in [0.3, 0.4) is 0 Å². The predicted octanol–water partition coefficient (Wildman–Crippen LogP) is 3.77. The summed E-state index contributed by atoms with van der Waals surface area (Å²) in [6.45, 7) is 3.87. The predicted molar refractivity (Wildman–Crippen MR) is 70.9 cm³/mol. The molecule has 0 heterocycles. The van der Waals surface area contributed by atoms with E-state index < -0.39 is 5.54 Å². The molecule has 18 heavy (non-hydrogen) atoms. The summed E-state index contributed by atoms with van der Waals surface area (Å²) >= 11 is 6.04. The number of hydrogen-bond donors (Lipinski definition) is 1. The minimum atomic E-state index is -0.633. The number of nitrogens with zero attached hydrogens (tertiary/aromatic N) is 1. The third-order valence-corrected chi connectivity index (χ3v) is 4.22. The zero-order chi connectivity index (χ0) is 13.3. The maximum Gasteiger partial charge on any atom is 0.235 e. The van der Waals surface area contributed by atoms with E-state index in [0.717, 1.165) is 36.8 Å². The van der Waals surface area contributed by atoms with Crippen molar-refractivity contribution in [1.29, 1.82) is 0 Å². The van der Waals surface area contributed by atoms with Gasteiger partial charge in [-0.2, -0.15) is 4.99 Å². The van der Waals surface area contributed by atoms with E-state index in [2.05, 4.69) is 4.99 Å². The van der Waals surface area contributed by atoms with Crippen LogP contribution in [0.2, 0.25) is 5.02 Å². The standard InChI is InChI=1S/C14H16ClNO2/c1-9-7-11(15)13(18)12(10(9)2)14(16-8-17)5-3-4-6-14/h7,18H,3-6H2,1-2H3. The van der Waals surface area contributed by atoms with Crippen molar-refractivity contribution < 1.29 is 9.90 Å². The van der Waals surface area contributed by atoms with Crippen molar-refractivity contribution in [2.45, 2.75) is 45.1 Å². The molecule has 0 aromatic heterocycles. The number of phenolic OH excluding ortho intramolecular Hbond substituents is 1. The second kappa shape index (κ2) is 4.75. The van der Waals surface area contributed by atoms with E-state index in [0.29, 0.717) is 10.6 Å². The number of aryl methyl sites for hydroxylation is 1. The molecular formula is C14H16ClNO2. The number of aliphatic imine (C=N–C) groups is 1. The summed E-state index contributed by atoms with van der Waals surface area (Å²) in [6, 6.07) is 1.74. The maximum atomic E-state index is 10.7. The number of rotatable bonds is 2. The Morgan fingerprint density at radius 2 is 2.00 bits per heavy atom. The summed E-state index contributed by atoms with van der Waals surface area (Å²) in [5.74, 6) is 0.0562. The molecule has 96 valence electrons. The molecule has 0 spiro atoms. The van der Waals surface area contributed by atoms with Crippen LogP contribution in [0.4, 0.5) is 0 Å². The van der Waals surface area contributed by atoms with Gasteiger partial charge in [0.1, 0.15) is 11.3 Å². The zero-order valence-electron chi connectivity index (χ0n) is 10.6. The van der Waals surface area contributed by atoms with Gasteiger partial charge in [-0.1, -0.05) is 24.4 Å². The third-order valence-electron chi connectivity index (χ3n) is 3.93. The van der Waals surface area contributed by atoms with Gasteiger partial charge in [-0.05, 0) is 43.9 Å². The fourth-order valence-electron chi connectivity index (χ4n) is 2.90. The monoisotopic (exact) mass is 265 g/mol. The van der Waals surface area contributed by atoms with Crippen LogP contribution in [0, 0.1) is 13.8 Å². The molecule has 0 atom stereocenters. The molecule has 1 aliphatic rings. The van der Waals surface area contributed by atoms with Crippen LogP contribution in [0.25, 0.3) is 0 Å². The highest BCUT2D eigenvalue weighted by atomic mass is 35.5. The van der Waals surface area contributed by atoms with Crippen molar-refractivity contribution in [3.8, 4) is 5.75 Å². The van der Waals surface area contributed by atoms with Gasteiger partial charge in [0.2, 0.25) is 6.08 Å². The highest BCUT2D eigenvalue weighted by Crippen LogP contribution is 2.49. The van der Waals surface area contributed by atoms with E-state index in [1.165, 1.54) is 0 Å². The number of benzene rings is 1. The molecule has 4 heteroatoms. The van der Waals surface area contributed by atoms with Crippen molar-refractivity contribution in [3.05, 3.63) is 27.8 Å². The number of isocyanates is 1. The Bertz CT molecular complexity index is 501. The molecule has 1 aliphatic carbocycles. The largest absolute Gasteiger partial charge is 0.506 e. The van der Waals surface area contributed by atoms with E-state index in [9.17, 15) is 9.90 Å². The van der Waals surface area contributed by atoms with Crippen LogP contribution in [-0.2, 0) is 10.3 Å². The van der Waals surface area contributed by atoms with Crippen LogP contribution >= 0.6 is 11.6 Å². The molecule has 3 nitrogen and oxygen atoms in total. The van der Waals surface area contributed by atoms with Crippen molar-refractivity contribution in [3.63, 3.8) is 0 Å². The fourth-order valence-corrected chi connectivity index (χ4v) is 3.15. The number of carbonyl (C=O) groups excluding carboxylic acids is 1. The van der Waals surface area contributed by atoms with E-state index in [1.807, 2.05) is 13.8 Å². The van der Waals surface area contributed by atoms with Crippen LogP contribution in [0.5, 0.6) is 5.75 Å². The van der Waals surface area contributed by atoms with Crippen molar-refractivity contribution in [1.82, 2.24) is 0 Å². The Kier molecular flexibility index (Phi) is 3.47. The number of aromatic hydroxyl groups is 1. The minimum absolute atomic E-state index is 0.0562. The molecule has 0 bridgehead atoms. The SMILES string of the molecule is Cc1cc(Cl)c(O)c(C2(N=C=O)CCCC2)c1C. The van der Waals surface area contributed by atoms with Crippen LogP contribution < -0.4 is 0 Å². The average molecular weight is 266 g/mol. The summed E-state index contributed by atoms with van der Waals surface area (Å²) in [5, 5.41) is 10.6. The Balaban J connectivity index is 2.72. The minimum Gasteiger partial charge on any atom is -0.506 e. The average Bonchev–Trinajstić information content (AvgIpc) is 2.77. The van der Waals surface area contributed by atoms with Gasteiger partial charge < -0.3 is 5.11 Å². The van der Waals surface area contributed by atoms with E-state index >= 15 is 0 Å². The van der Waals surface area contributed by atoms with E-state index in [4.69, 9.17) is 11.6 Å². The molecule has 2 rings (SSSR count). The number of phenols is 1. The molecule has 1 aromatic carbocycles. The molecule has 0 unspecified atom stereocenters. The van der Waals surface area contributed by atoms with Crippen molar-refractivity contribution >= 4 is 17.7 Å². The molecule has 0 amide bonds. The van der Waals surface area contributed by atoms with Crippen molar-refractivity contribution in [2.75, 3.05) is 0 Å². The smallest absolute Gasteiger partial charge is 0.235 e. The highest BCUT2D eigenvalue weighted by Gasteiger charge is 2.39. The Morgan fingerprint density at radius 3 is 2.56 bits per heavy atom. The normalized spacial score (nSPS) is 17.5. The van der Waals surface area contributed by atoms with Gasteiger partial charge in [-0.25, -0.2) is 4.79 Å². The lowest BCUT2D eigenvalue weighted by Gasteiger charge is -2.27. The zero-order valence-corrected chi connectivity index (χ0v) is 11.3. The topological polar surface area (TPSA) is 49.7 Å². The number of halogens is 1. The first-order valence-corrected chi connectivity index (χ1v) is 6.48. The highest BCUT2D eigenvalue weighted by molar-refractivity contribution is 6.32. The summed E-state index contributed by atoms with van der Waals surface area (Å²) < 4.78 is 0. The van der Waals surface area contributed by atoms with Gasteiger partial charge in [0.25, 0.3) is 0 Å². The van der Waals surface area contributed by atoms with Gasteiger partial charge in [-0.15, -0.1) is 0 Å². The van der Waals surface area contributed by atoms with Crippen molar-refractivity contribution in [2.24, 2.45) is 4.99 Å². The van der Waals surface area contributed by atoms with Gasteiger partial charge in [0.15, 0.2) is 0 Å². The molecule has 0 saturated heterocycles. The Hall–Kier alpha value is -1.31. The van der Waals surface area contributed by atoms with Crippen LogP contribution in [0.1, 0.15) is 42.4 Å². The first-order chi connectivity index (χ1) is 8.52. The molecular weight excluding hydrogens is 250 g/mol. The number of hydrogen-bond acceptors (Lipinski definition) is 3. The van der Waals surface area contributed by atoms with E-state index in [1.54, 1.807) is 12.1 Å². The lowest BCUT2D eigenvalue weighted by atomic mass is 9.83. The summed E-state index contributed by atoms with van der Waals surface area (Å²) in [4.78, 5) is 14.7. The first kappa shape index (κ1) is 13.1. The molecule has 1 N–H and O–H groups in total. The molecule has 1 fully saturated rings. The molecule has 1 saturated carbocycles. The van der Waals surface area contributed by atoms with Gasteiger partial charge in [0.05, 0.1) is 5.02 Å². The fraction of sp³-hybridized carbons (Fsp3) is 0.500. The maximum absolute atomic E-state index is 10.7. The lowest BCUT2D eigenvalue weighted by molar-refractivity contribution is 0.406. The Morgan fingerprint density at radius 1 is 1.39 bits per heavy atom. The third kappa shape index (κ3) is 1.94. The van der Waals surface area contributed by atoms with Gasteiger partial charge in [0, 0.05) is 5.56 Å². The second-order valence-electron chi connectivity index (χ2n) is 4.97. The molecule has 1 aromatic rings. The van der Waals surface area contributed by atoms with Crippen LogP contribution in [-0.4, -0.2) is 11.2 Å². The summed E-state index contributed by atoms with van der Waals surface area (Å²) in [7, 11) is 0. The quantitative estimate of drug-likeness (QED) is 0.654. The Labute approximate surface area is 111 Å². The summed E-state index contributed by atoms with van der Waals surface area (Å²) in [5.41, 5.74) is 2.03. The lowest BCUT2D eigenvalue weighted by Crippen LogP contribution is -2.21. The van der Waals surface area contributed by atoms with E-state index in [-0.39, 0.29) is 5.75 Å². The van der Waals surface area contributed by atoms with Gasteiger partial charge >= 0.3 is 0 Å². The summed E-state index contributed by atoms with van der Waals surface area (Å²) in [6.07, 6.45) is 5.18.